The third-order valence-corrected chi connectivity index (χ3v) is 5.43. The van der Waals surface area contributed by atoms with Crippen LogP contribution < -0.4 is 5.32 Å². The van der Waals surface area contributed by atoms with Gasteiger partial charge in [0.15, 0.2) is 0 Å². The Morgan fingerprint density at radius 2 is 1.82 bits per heavy atom. The van der Waals surface area contributed by atoms with Gasteiger partial charge in [-0.2, -0.15) is 0 Å². The molecule has 2 heterocycles. The van der Waals surface area contributed by atoms with Crippen LogP contribution in [0.1, 0.15) is 39.5 Å². The zero-order valence-electron chi connectivity index (χ0n) is 15.9. The maximum atomic E-state index is 12.7. The normalized spacial score (nSPS) is 18.8. The lowest BCUT2D eigenvalue weighted by Gasteiger charge is -2.35. The van der Waals surface area contributed by atoms with Gasteiger partial charge >= 0.3 is 0 Å². The minimum absolute atomic E-state index is 0.0453. The first-order chi connectivity index (χ1) is 13.5. The van der Waals surface area contributed by atoms with Crippen molar-refractivity contribution in [2.24, 2.45) is 0 Å². The summed E-state index contributed by atoms with van der Waals surface area (Å²) in [5.74, 6) is -0.297. The van der Waals surface area contributed by atoms with Crippen molar-refractivity contribution in [3.05, 3.63) is 70.8 Å². The van der Waals surface area contributed by atoms with Crippen LogP contribution in [-0.4, -0.2) is 47.2 Å². The largest absolute Gasteiger partial charge is 0.345 e. The van der Waals surface area contributed by atoms with Crippen molar-refractivity contribution in [2.75, 3.05) is 19.6 Å². The molecule has 6 heteroatoms. The molecule has 0 bridgehead atoms. The van der Waals surface area contributed by atoms with Crippen molar-refractivity contribution in [1.82, 2.24) is 15.1 Å². The molecule has 2 aliphatic heterocycles. The van der Waals surface area contributed by atoms with Gasteiger partial charge in [-0.15, -0.1) is 0 Å². The molecule has 28 heavy (non-hydrogen) atoms. The van der Waals surface area contributed by atoms with Crippen molar-refractivity contribution >= 4 is 17.7 Å². The zero-order valence-corrected chi connectivity index (χ0v) is 15.9. The third kappa shape index (κ3) is 3.63. The van der Waals surface area contributed by atoms with Crippen molar-refractivity contribution in [3.8, 4) is 0 Å². The van der Waals surface area contributed by atoms with E-state index >= 15 is 0 Å². The number of carbonyl (C=O) groups is 3. The van der Waals surface area contributed by atoms with Crippen LogP contribution in [0.3, 0.4) is 0 Å². The maximum absolute atomic E-state index is 12.7. The Labute approximate surface area is 164 Å². The van der Waals surface area contributed by atoms with Gasteiger partial charge in [-0.1, -0.05) is 48.0 Å². The van der Waals surface area contributed by atoms with E-state index in [0.717, 1.165) is 11.1 Å². The Kier molecular flexibility index (Phi) is 4.86. The van der Waals surface area contributed by atoms with Crippen molar-refractivity contribution in [3.63, 3.8) is 0 Å². The molecular weight excluding hydrogens is 354 g/mol. The minimum atomic E-state index is -0.322. The number of nitrogens with zero attached hydrogens (tertiary/aromatic N) is 2. The van der Waals surface area contributed by atoms with Gasteiger partial charge in [0.05, 0.1) is 19.0 Å². The summed E-state index contributed by atoms with van der Waals surface area (Å²) in [6.45, 7) is 3.72. The molecule has 6 nitrogen and oxygen atoms in total. The quantitative estimate of drug-likeness (QED) is 0.887. The molecule has 0 aliphatic carbocycles. The minimum Gasteiger partial charge on any atom is -0.345 e. The molecule has 0 saturated carbocycles. The monoisotopic (exact) mass is 377 g/mol. The topological polar surface area (TPSA) is 69.7 Å². The highest BCUT2D eigenvalue weighted by atomic mass is 16.2. The van der Waals surface area contributed by atoms with Crippen LogP contribution in [0.4, 0.5) is 0 Å². The molecule has 0 radical (unpaired) electrons. The first-order valence-electron chi connectivity index (χ1n) is 9.52. The number of piperazine rings is 1. The van der Waals surface area contributed by atoms with Crippen molar-refractivity contribution < 1.29 is 14.4 Å². The first-order valence-corrected chi connectivity index (χ1v) is 9.52. The van der Waals surface area contributed by atoms with Crippen molar-refractivity contribution in [2.45, 2.75) is 25.9 Å². The Balaban J connectivity index is 1.35. The van der Waals surface area contributed by atoms with E-state index in [9.17, 15) is 14.4 Å². The Bertz CT molecular complexity index is 923. The van der Waals surface area contributed by atoms with E-state index in [0.29, 0.717) is 25.2 Å². The van der Waals surface area contributed by atoms with Crippen LogP contribution in [0.2, 0.25) is 0 Å². The number of hydrogen-bond acceptors (Lipinski definition) is 3. The van der Waals surface area contributed by atoms with Gasteiger partial charge in [-0.25, -0.2) is 0 Å². The molecule has 0 unspecified atom stereocenters. The molecule has 1 N–H and O–H groups in total. The number of nitrogens with one attached hydrogen (secondary N) is 1. The number of carbonyl (C=O) groups excluding carboxylic acids is 3. The lowest BCUT2D eigenvalue weighted by Crippen LogP contribution is -2.52. The molecule has 1 atom stereocenters. The highest BCUT2D eigenvalue weighted by Crippen LogP contribution is 2.28. The Hall–Kier alpha value is -3.15. The second-order valence-electron chi connectivity index (χ2n) is 7.43. The van der Waals surface area contributed by atoms with E-state index < -0.39 is 0 Å². The maximum Gasteiger partial charge on any atom is 0.252 e. The summed E-state index contributed by atoms with van der Waals surface area (Å²) >= 11 is 0. The molecule has 0 spiro atoms. The Morgan fingerprint density at radius 1 is 1.07 bits per heavy atom. The smallest absolute Gasteiger partial charge is 0.252 e. The summed E-state index contributed by atoms with van der Waals surface area (Å²) in [6.07, 6.45) is 0.175. The van der Waals surface area contributed by atoms with Gasteiger partial charge in [-0.05, 0) is 24.1 Å². The molecule has 1 fully saturated rings. The van der Waals surface area contributed by atoms with E-state index in [2.05, 4.69) is 5.32 Å². The highest BCUT2D eigenvalue weighted by Gasteiger charge is 2.33. The summed E-state index contributed by atoms with van der Waals surface area (Å²) in [4.78, 5) is 40.7. The average Bonchev–Trinajstić information content (AvgIpc) is 3.01. The van der Waals surface area contributed by atoms with E-state index in [1.54, 1.807) is 15.9 Å². The number of hydrogen-bond donors (Lipinski definition) is 1. The molecule has 2 aromatic carbocycles. The highest BCUT2D eigenvalue weighted by molar-refractivity contribution is 6.00. The second-order valence-corrected chi connectivity index (χ2v) is 7.43. The number of fused-ring (bicyclic) bond motifs is 1. The average molecular weight is 377 g/mol. The summed E-state index contributed by atoms with van der Waals surface area (Å²) in [6, 6.07) is 15.1. The standard InChI is InChI=1S/C22H23N3O3/c1-15-6-8-16(9-7-15)13-24-10-11-25(14-21(24)27)20(26)12-19-17-4-2-3-5-18(17)22(28)23-19/h2-9,19H,10-14H2,1H3,(H,23,28)/t19-/m0/s1. The zero-order chi connectivity index (χ0) is 19.7. The van der Waals surface area contributed by atoms with Crippen LogP contribution in [-0.2, 0) is 16.1 Å². The van der Waals surface area contributed by atoms with Gasteiger partial charge in [0, 0.05) is 25.2 Å². The fourth-order valence-corrected chi connectivity index (χ4v) is 3.79. The number of rotatable bonds is 4. The van der Waals surface area contributed by atoms with E-state index in [-0.39, 0.29) is 36.7 Å². The third-order valence-electron chi connectivity index (χ3n) is 5.43. The van der Waals surface area contributed by atoms with Crippen LogP contribution in [0, 0.1) is 6.92 Å². The van der Waals surface area contributed by atoms with Gasteiger partial charge < -0.3 is 15.1 Å². The predicted octanol–water partition coefficient (Wildman–Crippen LogP) is 2.04. The lowest BCUT2D eigenvalue weighted by molar-refractivity contribution is -0.146. The molecule has 3 amide bonds. The molecule has 2 aromatic rings. The Morgan fingerprint density at radius 3 is 2.57 bits per heavy atom. The number of benzene rings is 2. The lowest BCUT2D eigenvalue weighted by atomic mass is 10.0. The first kappa shape index (κ1) is 18.2. The van der Waals surface area contributed by atoms with Gasteiger partial charge in [0.2, 0.25) is 11.8 Å². The molecule has 0 aromatic heterocycles. The van der Waals surface area contributed by atoms with E-state index in [1.807, 2.05) is 49.4 Å². The van der Waals surface area contributed by atoms with Gasteiger partial charge in [-0.3, -0.25) is 14.4 Å². The number of aryl methyl sites for hydroxylation is 1. The molecule has 4 rings (SSSR count). The fraction of sp³-hybridized carbons (Fsp3) is 0.318. The SMILES string of the molecule is Cc1ccc(CN2CCN(C(=O)C[C@@H]3NC(=O)c4ccccc43)CC2=O)cc1. The molecule has 2 aliphatic rings. The van der Waals surface area contributed by atoms with Crippen LogP contribution in [0.15, 0.2) is 48.5 Å². The van der Waals surface area contributed by atoms with Crippen LogP contribution >= 0.6 is 0 Å². The molecule has 1 saturated heterocycles. The molecule has 144 valence electrons. The van der Waals surface area contributed by atoms with Crippen LogP contribution in [0.5, 0.6) is 0 Å². The van der Waals surface area contributed by atoms with Crippen LogP contribution in [0.25, 0.3) is 0 Å². The summed E-state index contributed by atoms with van der Waals surface area (Å²) < 4.78 is 0. The summed E-state index contributed by atoms with van der Waals surface area (Å²) in [5.41, 5.74) is 3.75. The van der Waals surface area contributed by atoms with Gasteiger partial charge in [0.1, 0.15) is 0 Å². The predicted molar refractivity (Wildman–Crippen MR) is 104 cm³/mol. The fourth-order valence-electron chi connectivity index (χ4n) is 3.79. The molecular formula is C22H23N3O3. The van der Waals surface area contributed by atoms with E-state index in [1.165, 1.54) is 5.56 Å². The summed E-state index contributed by atoms with van der Waals surface area (Å²) in [5, 5.41) is 2.86. The summed E-state index contributed by atoms with van der Waals surface area (Å²) in [7, 11) is 0. The van der Waals surface area contributed by atoms with Crippen molar-refractivity contribution in [1.29, 1.82) is 0 Å². The second kappa shape index (κ2) is 7.46. The van der Waals surface area contributed by atoms with E-state index in [4.69, 9.17) is 0 Å². The van der Waals surface area contributed by atoms with Gasteiger partial charge in [0.25, 0.3) is 5.91 Å². The number of amides is 3.